The summed E-state index contributed by atoms with van der Waals surface area (Å²) in [4.78, 5) is 23.2. The van der Waals surface area contributed by atoms with Gasteiger partial charge in [-0.15, -0.1) is 0 Å². The highest BCUT2D eigenvalue weighted by Crippen LogP contribution is 2.27. The molecule has 0 radical (unpaired) electrons. The van der Waals surface area contributed by atoms with E-state index in [0.29, 0.717) is 28.0 Å². The van der Waals surface area contributed by atoms with E-state index in [1.807, 2.05) is 6.92 Å². The molecule has 0 saturated carbocycles. The lowest BCUT2D eigenvalue weighted by Gasteiger charge is -2.09. The van der Waals surface area contributed by atoms with Crippen LogP contribution in [0.25, 0.3) is 0 Å². The van der Waals surface area contributed by atoms with Crippen molar-refractivity contribution in [2.24, 2.45) is 0 Å². The number of nitrogens with one attached hydrogen (secondary N) is 1. The van der Waals surface area contributed by atoms with Crippen molar-refractivity contribution >= 4 is 40.8 Å². The monoisotopic (exact) mass is 435 g/mol. The zero-order chi connectivity index (χ0) is 21.1. The Kier molecular flexibility index (Phi) is 6.24. The molecule has 3 aromatic rings. The van der Waals surface area contributed by atoms with Gasteiger partial charge in [0, 0.05) is 21.8 Å². The van der Waals surface area contributed by atoms with Crippen LogP contribution < -0.4 is 5.32 Å². The molecule has 1 amide bonds. The number of anilines is 1. The molecule has 0 aliphatic carbocycles. The number of aromatic nitrogens is 4. The molecule has 0 bridgehead atoms. The third-order valence-electron chi connectivity index (χ3n) is 4.42. The molecule has 0 saturated heterocycles. The Labute approximate surface area is 177 Å². The first-order chi connectivity index (χ1) is 13.8. The normalized spacial score (nSPS) is 10.9. The summed E-state index contributed by atoms with van der Waals surface area (Å²) >= 11 is 12.5. The Morgan fingerprint density at radius 2 is 1.83 bits per heavy atom. The first-order valence-corrected chi connectivity index (χ1v) is 9.55. The van der Waals surface area contributed by atoms with Crippen molar-refractivity contribution in [3.05, 3.63) is 63.2 Å². The van der Waals surface area contributed by atoms with Gasteiger partial charge in [-0.3, -0.25) is 19.0 Å². The van der Waals surface area contributed by atoms with Gasteiger partial charge >= 0.3 is 5.97 Å². The minimum atomic E-state index is -0.927. The molecular formula is C19H19Cl2N5O3. The number of rotatable bonds is 7. The number of carboxylic acid groups (broad SMARTS) is 1. The van der Waals surface area contributed by atoms with Crippen molar-refractivity contribution in [2.45, 2.75) is 33.4 Å². The molecule has 0 fully saturated rings. The van der Waals surface area contributed by atoms with Crippen LogP contribution in [-0.2, 0) is 17.9 Å². The van der Waals surface area contributed by atoms with Gasteiger partial charge in [-0.2, -0.15) is 10.2 Å². The van der Waals surface area contributed by atoms with Crippen LogP contribution in [0.15, 0.2) is 30.5 Å². The van der Waals surface area contributed by atoms with E-state index in [0.717, 1.165) is 11.3 Å². The van der Waals surface area contributed by atoms with E-state index in [1.165, 1.54) is 10.7 Å². The molecule has 0 atom stereocenters. The SMILES string of the molecule is Cc1nn(Cc2c(Cl)cccc2Cl)c(C)c1NC(=O)c1ccn(CCC(=O)O)n1. The summed E-state index contributed by atoms with van der Waals surface area (Å²) in [5, 5.41) is 21.3. The fourth-order valence-corrected chi connectivity index (χ4v) is 3.38. The van der Waals surface area contributed by atoms with Crippen molar-refractivity contribution in [3.8, 4) is 0 Å². The summed E-state index contributed by atoms with van der Waals surface area (Å²) in [6.45, 7) is 4.19. The van der Waals surface area contributed by atoms with Crippen molar-refractivity contribution < 1.29 is 14.7 Å². The maximum atomic E-state index is 12.6. The van der Waals surface area contributed by atoms with E-state index < -0.39 is 11.9 Å². The number of aliphatic carboxylic acids is 1. The molecular weight excluding hydrogens is 417 g/mol. The van der Waals surface area contributed by atoms with Gasteiger partial charge < -0.3 is 10.4 Å². The molecule has 0 aliphatic heterocycles. The molecule has 2 N–H and O–H groups in total. The summed E-state index contributed by atoms with van der Waals surface area (Å²) in [5.41, 5.74) is 2.91. The maximum absolute atomic E-state index is 12.6. The van der Waals surface area contributed by atoms with Gasteiger partial charge in [0.25, 0.3) is 5.91 Å². The lowest BCUT2D eigenvalue weighted by atomic mass is 10.2. The van der Waals surface area contributed by atoms with Crippen LogP contribution in [0.4, 0.5) is 5.69 Å². The molecule has 10 heteroatoms. The molecule has 0 aliphatic rings. The van der Waals surface area contributed by atoms with Crippen LogP contribution in [0.3, 0.4) is 0 Å². The molecule has 2 heterocycles. The maximum Gasteiger partial charge on any atom is 0.305 e. The van der Waals surface area contributed by atoms with Crippen LogP contribution in [0.5, 0.6) is 0 Å². The van der Waals surface area contributed by atoms with Gasteiger partial charge in [-0.25, -0.2) is 0 Å². The predicted octanol–water partition coefficient (Wildman–Crippen LogP) is 3.78. The van der Waals surface area contributed by atoms with E-state index in [1.54, 1.807) is 36.0 Å². The van der Waals surface area contributed by atoms with Crippen molar-refractivity contribution in [1.29, 1.82) is 0 Å². The summed E-state index contributed by atoms with van der Waals surface area (Å²) in [7, 11) is 0. The van der Waals surface area contributed by atoms with Gasteiger partial charge in [-0.1, -0.05) is 29.3 Å². The van der Waals surface area contributed by atoms with Gasteiger partial charge in [0.1, 0.15) is 0 Å². The zero-order valence-electron chi connectivity index (χ0n) is 15.8. The Morgan fingerprint density at radius 3 is 2.48 bits per heavy atom. The highest BCUT2D eigenvalue weighted by molar-refractivity contribution is 6.36. The minimum Gasteiger partial charge on any atom is -0.481 e. The number of hydrogen-bond acceptors (Lipinski definition) is 4. The molecule has 0 spiro atoms. The van der Waals surface area contributed by atoms with E-state index in [4.69, 9.17) is 28.3 Å². The summed E-state index contributed by atoms with van der Waals surface area (Å²) < 4.78 is 3.15. The second-order valence-electron chi connectivity index (χ2n) is 6.47. The highest BCUT2D eigenvalue weighted by Gasteiger charge is 2.18. The van der Waals surface area contributed by atoms with E-state index >= 15 is 0 Å². The molecule has 1 aromatic carbocycles. The minimum absolute atomic E-state index is 0.0711. The summed E-state index contributed by atoms with van der Waals surface area (Å²) in [6, 6.07) is 6.84. The number of carbonyl (C=O) groups excluding carboxylic acids is 1. The van der Waals surface area contributed by atoms with E-state index in [9.17, 15) is 9.59 Å². The smallest absolute Gasteiger partial charge is 0.305 e. The highest BCUT2D eigenvalue weighted by atomic mass is 35.5. The largest absolute Gasteiger partial charge is 0.481 e. The van der Waals surface area contributed by atoms with E-state index in [-0.39, 0.29) is 18.7 Å². The number of carboxylic acids is 1. The number of aryl methyl sites for hydroxylation is 2. The van der Waals surface area contributed by atoms with Crippen molar-refractivity contribution in [1.82, 2.24) is 19.6 Å². The van der Waals surface area contributed by atoms with E-state index in [2.05, 4.69) is 15.5 Å². The third kappa shape index (κ3) is 4.78. The second-order valence-corrected chi connectivity index (χ2v) is 7.28. The number of nitrogens with zero attached hydrogens (tertiary/aromatic N) is 4. The Morgan fingerprint density at radius 1 is 1.14 bits per heavy atom. The first-order valence-electron chi connectivity index (χ1n) is 8.79. The standard InChI is InChI=1S/C19H19Cl2N5O3/c1-11-18(22-19(29)16-6-8-25(24-16)9-7-17(27)28)12(2)26(23-11)10-13-14(20)4-3-5-15(13)21/h3-6,8H,7,9-10H2,1-2H3,(H,22,29)(H,27,28). The number of benzene rings is 1. The fraction of sp³-hybridized carbons (Fsp3) is 0.263. The fourth-order valence-electron chi connectivity index (χ4n) is 2.86. The average molecular weight is 436 g/mol. The quantitative estimate of drug-likeness (QED) is 0.587. The Bertz CT molecular complexity index is 1050. The van der Waals surface area contributed by atoms with Crippen LogP contribution in [0.1, 0.15) is 33.9 Å². The van der Waals surface area contributed by atoms with Crippen molar-refractivity contribution in [3.63, 3.8) is 0 Å². The number of halogens is 2. The zero-order valence-corrected chi connectivity index (χ0v) is 17.3. The van der Waals surface area contributed by atoms with Crippen LogP contribution in [0.2, 0.25) is 10.0 Å². The van der Waals surface area contributed by atoms with Crippen LogP contribution in [0, 0.1) is 13.8 Å². The summed E-state index contributed by atoms with van der Waals surface area (Å²) in [6.07, 6.45) is 1.50. The average Bonchev–Trinajstić information content (AvgIpc) is 3.23. The predicted molar refractivity (Wildman–Crippen MR) is 110 cm³/mol. The number of carbonyl (C=O) groups is 2. The van der Waals surface area contributed by atoms with Crippen molar-refractivity contribution in [2.75, 3.05) is 5.32 Å². The van der Waals surface area contributed by atoms with Gasteiger partial charge in [0.05, 0.1) is 36.6 Å². The summed E-state index contributed by atoms with van der Waals surface area (Å²) in [5.74, 6) is -1.33. The van der Waals surface area contributed by atoms with Gasteiger partial charge in [0.15, 0.2) is 5.69 Å². The third-order valence-corrected chi connectivity index (χ3v) is 5.13. The first kappa shape index (κ1) is 20.9. The Balaban J connectivity index is 1.77. The molecule has 0 unspecified atom stereocenters. The molecule has 2 aromatic heterocycles. The van der Waals surface area contributed by atoms with Crippen LogP contribution in [-0.4, -0.2) is 36.5 Å². The molecule has 152 valence electrons. The van der Waals surface area contributed by atoms with Crippen LogP contribution >= 0.6 is 23.2 Å². The Hall–Kier alpha value is -2.84. The number of amides is 1. The number of hydrogen-bond donors (Lipinski definition) is 2. The molecule has 8 nitrogen and oxygen atoms in total. The van der Waals surface area contributed by atoms with Gasteiger partial charge in [0.2, 0.25) is 0 Å². The molecule has 29 heavy (non-hydrogen) atoms. The molecule has 3 rings (SSSR count). The topological polar surface area (TPSA) is 102 Å². The second kappa shape index (κ2) is 8.67. The lowest BCUT2D eigenvalue weighted by molar-refractivity contribution is -0.137. The van der Waals surface area contributed by atoms with Gasteiger partial charge in [-0.05, 0) is 32.0 Å². The lowest BCUT2D eigenvalue weighted by Crippen LogP contribution is -2.15.